The Bertz CT molecular complexity index is 671. The number of benzene rings is 1. The van der Waals surface area contributed by atoms with Gasteiger partial charge in [0.15, 0.2) is 0 Å². The molecule has 128 valence electrons. The van der Waals surface area contributed by atoms with Gasteiger partial charge in [-0.3, -0.25) is 9.69 Å². The molecule has 6 heteroatoms. The highest BCUT2D eigenvalue weighted by Crippen LogP contribution is 2.17. The lowest BCUT2D eigenvalue weighted by Gasteiger charge is -2.40. The Morgan fingerprint density at radius 3 is 2.96 bits per heavy atom. The Hall–Kier alpha value is -2.34. The van der Waals surface area contributed by atoms with E-state index in [0.29, 0.717) is 6.54 Å². The maximum atomic E-state index is 12.5. The molecule has 1 saturated heterocycles. The van der Waals surface area contributed by atoms with Crippen molar-refractivity contribution >= 4 is 5.91 Å². The van der Waals surface area contributed by atoms with Crippen LogP contribution in [0.1, 0.15) is 12.5 Å². The molecule has 1 fully saturated rings. The van der Waals surface area contributed by atoms with Crippen LogP contribution in [0.25, 0.3) is 0 Å². The fourth-order valence-electron chi connectivity index (χ4n) is 3.20. The first-order valence-electron chi connectivity index (χ1n) is 8.26. The quantitative estimate of drug-likeness (QED) is 0.837. The van der Waals surface area contributed by atoms with Crippen LogP contribution in [-0.2, 0) is 17.9 Å². The van der Waals surface area contributed by atoms with Gasteiger partial charge in [-0.1, -0.05) is 12.1 Å². The second kappa shape index (κ2) is 7.49. The number of piperazine rings is 1. The number of hydrogen-bond acceptors (Lipinski definition) is 4. The molecule has 2 heterocycles. The average molecular weight is 328 g/mol. The third-order valence-electron chi connectivity index (χ3n) is 4.45. The Morgan fingerprint density at radius 1 is 1.38 bits per heavy atom. The van der Waals surface area contributed by atoms with Crippen molar-refractivity contribution in [1.29, 1.82) is 0 Å². The first kappa shape index (κ1) is 16.5. The van der Waals surface area contributed by atoms with Gasteiger partial charge in [0.2, 0.25) is 5.91 Å². The molecular weight excluding hydrogens is 304 g/mol. The number of imidazole rings is 1. The van der Waals surface area contributed by atoms with Crippen LogP contribution in [0.2, 0.25) is 0 Å². The lowest BCUT2D eigenvalue weighted by molar-refractivity contribution is -0.136. The summed E-state index contributed by atoms with van der Waals surface area (Å²) in [7, 11) is 1.69. The highest BCUT2D eigenvalue weighted by Gasteiger charge is 2.27. The SMILES string of the molecule is COc1cccc(CN2CCN(C(=O)Cn3ccnc3)[C@@H](C)C2)c1. The number of carbonyl (C=O) groups is 1. The largest absolute Gasteiger partial charge is 0.497 e. The van der Waals surface area contributed by atoms with Crippen molar-refractivity contribution in [3.63, 3.8) is 0 Å². The molecule has 6 nitrogen and oxygen atoms in total. The van der Waals surface area contributed by atoms with E-state index in [4.69, 9.17) is 4.74 Å². The molecule has 0 unspecified atom stereocenters. The van der Waals surface area contributed by atoms with Crippen LogP contribution in [-0.4, -0.2) is 58.0 Å². The van der Waals surface area contributed by atoms with Gasteiger partial charge in [0, 0.05) is 44.6 Å². The molecule has 0 saturated carbocycles. The number of rotatable bonds is 5. The summed E-state index contributed by atoms with van der Waals surface area (Å²) in [5, 5.41) is 0. The van der Waals surface area contributed by atoms with E-state index in [1.54, 1.807) is 19.6 Å². The predicted octanol–water partition coefficient (Wildman–Crippen LogP) is 1.62. The van der Waals surface area contributed by atoms with Gasteiger partial charge in [0.25, 0.3) is 0 Å². The fourth-order valence-corrected chi connectivity index (χ4v) is 3.20. The van der Waals surface area contributed by atoms with Crippen LogP contribution < -0.4 is 4.74 Å². The third-order valence-corrected chi connectivity index (χ3v) is 4.45. The van der Waals surface area contributed by atoms with Crippen LogP contribution in [0.5, 0.6) is 5.75 Å². The van der Waals surface area contributed by atoms with Gasteiger partial charge in [-0.2, -0.15) is 0 Å². The van der Waals surface area contributed by atoms with Gasteiger partial charge < -0.3 is 14.2 Å². The molecule has 1 aliphatic heterocycles. The van der Waals surface area contributed by atoms with Crippen LogP contribution in [0.3, 0.4) is 0 Å². The average Bonchev–Trinajstić information content (AvgIpc) is 3.08. The normalized spacial score (nSPS) is 18.6. The summed E-state index contributed by atoms with van der Waals surface area (Å²) < 4.78 is 7.10. The molecule has 1 atom stereocenters. The summed E-state index contributed by atoms with van der Waals surface area (Å²) in [6.45, 7) is 5.89. The van der Waals surface area contributed by atoms with Crippen molar-refractivity contribution in [1.82, 2.24) is 19.4 Å². The highest BCUT2D eigenvalue weighted by atomic mass is 16.5. The number of hydrogen-bond donors (Lipinski definition) is 0. The Balaban J connectivity index is 1.55. The Morgan fingerprint density at radius 2 is 2.25 bits per heavy atom. The van der Waals surface area contributed by atoms with Crippen LogP contribution in [0, 0.1) is 0 Å². The van der Waals surface area contributed by atoms with Gasteiger partial charge >= 0.3 is 0 Å². The van der Waals surface area contributed by atoms with Crippen molar-refractivity contribution in [2.24, 2.45) is 0 Å². The van der Waals surface area contributed by atoms with Crippen molar-refractivity contribution in [2.45, 2.75) is 26.1 Å². The number of ether oxygens (including phenoxy) is 1. The van der Waals surface area contributed by atoms with E-state index < -0.39 is 0 Å². The van der Waals surface area contributed by atoms with Crippen molar-refractivity contribution in [2.75, 3.05) is 26.7 Å². The number of carbonyl (C=O) groups excluding carboxylic acids is 1. The molecule has 0 aliphatic carbocycles. The van der Waals surface area contributed by atoms with Crippen molar-refractivity contribution in [3.05, 3.63) is 48.5 Å². The first-order valence-corrected chi connectivity index (χ1v) is 8.26. The summed E-state index contributed by atoms with van der Waals surface area (Å²) in [5.74, 6) is 1.04. The minimum atomic E-state index is 0.154. The molecule has 1 aromatic carbocycles. The smallest absolute Gasteiger partial charge is 0.242 e. The first-order chi connectivity index (χ1) is 11.7. The van der Waals surface area contributed by atoms with E-state index in [1.165, 1.54) is 5.56 Å². The maximum absolute atomic E-state index is 12.5. The van der Waals surface area contributed by atoms with Crippen LogP contribution >= 0.6 is 0 Å². The zero-order chi connectivity index (χ0) is 16.9. The van der Waals surface area contributed by atoms with E-state index in [-0.39, 0.29) is 11.9 Å². The van der Waals surface area contributed by atoms with E-state index >= 15 is 0 Å². The van der Waals surface area contributed by atoms with Gasteiger partial charge in [0.1, 0.15) is 12.3 Å². The minimum absolute atomic E-state index is 0.154. The molecule has 2 aromatic rings. The molecule has 0 N–H and O–H groups in total. The van der Waals surface area contributed by atoms with Gasteiger partial charge in [0.05, 0.1) is 13.4 Å². The molecule has 1 aromatic heterocycles. The van der Waals surface area contributed by atoms with Crippen molar-refractivity contribution < 1.29 is 9.53 Å². The molecule has 3 rings (SSSR count). The zero-order valence-electron chi connectivity index (χ0n) is 14.3. The number of aromatic nitrogens is 2. The lowest BCUT2D eigenvalue weighted by Crippen LogP contribution is -2.54. The van der Waals surface area contributed by atoms with Gasteiger partial charge in [-0.05, 0) is 24.6 Å². The Kier molecular flexibility index (Phi) is 5.15. The van der Waals surface area contributed by atoms with Crippen molar-refractivity contribution in [3.8, 4) is 5.75 Å². The monoisotopic (exact) mass is 328 g/mol. The molecule has 1 amide bonds. The Labute approximate surface area is 142 Å². The van der Waals surface area contributed by atoms with Crippen LogP contribution in [0.4, 0.5) is 0 Å². The molecule has 1 aliphatic rings. The second-order valence-electron chi connectivity index (χ2n) is 6.26. The third kappa shape index (κ3) is 3.94. The molecule has 0 spiro atoms. The number of methoxy groups -OCH3 is 1. The van der Waals surface area contributed by atoms with Gasteiger partial charge in [-0.25, -0.2) is 4.98 Å². The number of nitrogens with zero attached hydrogens (tertiary/aromatic N) is 4. The van der Waals surface area contributed by atoms with Gasteiger partial charge in [-0.15, -0.1) is 0 Å². The summed E-state index contributed by atoms with van der Waals surface area (Å²) in [6, 6.07) is 8.37. The fraction of sp³-hybridized carbons (Fsp3) is 0.444. The zero-order valence-corrected chi connectivity index (χ0v) is 14.3. The second-order valence-corrected chi connectivity index (χ2v) is 6.26. The lowest BCUT2D eigenvalue weighted by atomic mass is 10.1. The predicted molar refractivity (Wildman–Crippen MR) is 91.7 cm³/mol. The summed E-state index contributed by atoms with van der Waals surface area (Å²) in [4.78, 5) is 20.8. The van der Waals surface area contributed by atoms with E-state index in [0.717, 1.165) is 31.9 Å². The maximum Gasteiger partial charge on any atom is 0.242 e. The summed E-state index contributed by atoms with van der Waals surface area (Å²) in [6.07, 6.45) is 5.20. The highest BCUT2D eigenvalue weighted by molar-refractivity contribution is 5.76. The summed E-state index contributed by atoms with van der Waals surface area (Å²) >= 11 is 0. The standard InChI is InChI=1S/C18H24N4O2/c1-15-11-20(12-16-4-3-5-17(10-16)24-2)8-9-22(15)18(23)13-21-7-6-19-14-21/h3-7,10,14-15H,8-9,11-13H2,1-2H3/t15-/m0/s1. The summed E-state index contributed by atoms with van der Waals surface area (Å²) in [5.41, 5.74) is 1.24. The van der Waals surface area contributed by atoms with E-state index in [1.807, 2.05) is 27.8 Å². The molecule has 24 heavy (non-hydrogen) atoms. The van der Waals surface area contributed by atoms with E-state index in [9.17, 15) is 4.79 Å². The van der Waals surface area contributed by atoms with E-state index in [2.05, 4.69) is 28.9 Å². The van der Waals surface area contributed by atoms with Crippen LogP contribution in [0.15, 0.2) is 43.0 Å². The molecular formula is C18H24N4O2. The minimum Gasteiger partial charge on any atom is -0.497 e. The topological polar surface area (TPSA) is 50.6 Å². The number of amides is 1. The molecule has 0 radical (unpaired) electrons. The molecule has 0 bridgehead atoms.